The molecule has 2 amide bonds. The fourth-order valence-electron chi connectivity index (χ4n) is 6.14. The van der Waals surface area contributed by atoms with Crippen molar-refractivity contribution in [2.75, 3.05) is 33.4 Å². The zero-order valence-corrected chi connectivity index (χ0v) is 26.7. The van der Waals surface area contributed by atoms with Gasteiger partial charge < -0.3 is 25.0 Å². The minimum Gasteiger partial charge on any atom is -0.497 e. The van der Waals surface area contributed by atoms with E-state index >= 15 is 0 Å². The third-order valence-electron chi connectivity index (χ3n) is 8.43. The van der Waals surface area contributed by atoms with Gasteiger partial charge in [0.05, 0.1) is 26.3 Å². The maximum Gasteiger partial charge on any atom is 0.251 e. The third-order valence-corrected chi connectivity index (χ3v) is 8.43. The quantitative estimate of drug-likeness (QED) is 0.319. The molecule has 0 radical (unpaired) electrons. The van der Waals surface area contributed by atoms with Crippen LogP contribution in [0.2, 0.25) is 0 Å². The third kappa shape index (κ3) is 9.82. The highest BCUT2D eigenvalue weighted by molar-refractivity contribution is 5.97. The number of nitrogens with zero attached hydrogens (tertiary/aromatic N) is 1. The number of ether oxygens (including phenoxy) is 2. The molecule has 0 aromatic heterocycles. The second-order valence-electron chi connectivity index (χ2n) is 11.3. The second-order valence-corrected chi connectivity index (χ2v) is 11.3. The van der Waals surface area contributed by atoms with Crippen molar-refractivity contribution in [2.45, 2.75) is 91.1 Å². The average molecular weight is 594 g/mol. The van der Waals surface area contributed by atoms with E-state index in [0.717, 1.165) is 67.7 Å². The number of rotatable bonds is 12. The molecule has 2 aromatic carbocycles. The van der Waals surface area contributed by atoms with Crippen LogP contribution in [0.25, 0.3) is 0 Å². The molecule has 2 unspecified atom stereocenters. The molecule has 8 heteroatoms. The van der Waals surface area contributed by atoms with E-state index in [4.69, 9.17) is 9.47 Å². The van der Waals surface area contributed by atoms with Gasteiger partial charge in [0.1, 0.15) is 11.5 Å². The molecule has 43 heavy (non-hydrogen) atoms. The van der Waals surface area contributed by atoms with Gasteiger partial charge >= 0.3 is 0 Å². The largest absolute Gasteiger partial charge is 0.497 e. The molecule has 2 fully saturated rings. The summed E-state index contributed by atoms with van der Waals surface area (Å²) in [5.74, 6) is 1.86. The number of piperidine rings is 1. The summed E-state index contributed by atoms with van der Waals surface area (Å²) in [6.07, 6.45) is 7.36. The van der Waals surface area contributed by atoms with Crippen LogP contribution in [0.15, 0.2) is 42.5 Å². The summed E-state index contributed by atoms with van der Waals surface area (Å²) in [5, 5.41) is 6.28. The number of carbonyl (C=O) groups excluding carboxylic acids is 3. The predicted molar refractivity (Wildman–Crippen MR) is 171 cm³/mol. The first-order valence-corrected chi connectivity index (χ1v) is 16.1. The van der Waals surface area contributed by atoms with Gasteiger partial charge in [0, 0.05) is 42.7 Å². The van der Waals surface area contributed by atoms with Gasteiger partial charge in [-0.25, -0.2) is 0 Å². The summed E-state index contributed by atoms with van der Waals surface area (Å²) in [7, 11) is 1.63. The molecule has 8 nitrogen and oxygen atoms in total. The Morgan fingerprint density at radius 2 is 1.70 bits per heavy atom. The van der Waals surface area contributed by atoms with Crippen molar-refractivity contribution < 1.29 is 23.9 Å². The van der Waals surface area contributed by atoms with Crippen LogP contribution in [0.4, 0.5) is 0 Å². The van der Waals surface area contributed by atoms with Gasteiger partial charge in [0.15, 0.2) is 5.78 Å². The Bertz CT molecular complexity index is 1180. The Kier molecular flexibility index (Phi) is 14.0. The first-order chi connectivity index (χ1) is 20.9. The van der Waals surface area contributed by atoms with Crippen molar-refractivity contribution in [3.8, 4) is 11.5 Å². The van der Waals surface area contributed by atoms with Gasteiger partial charge in [-0.05, 0) is 69.2 Å². The molecule has 1 aliphatic heterocycles. The molecule has 2 aromatic rings. The minimum absolute atomic E-state index is 0.0297. The molecule has 2 atom stereocenters. The molecule has 0 bridgehead atoms. The number of likely N-dealkylation sites (tertiary alicyclic amines) is 1. The lowest BCUT2D eigenvalue weighted by molar-refractivity contribution is -0.131. The summed E-state index contributed by atoms with van der Waals surface area (Å²) in [5.41, 5.74) is 2.67. The van der Waals surface area contributed by atoms with Crippen molar-refractivity contribution in [2.24, 2.45) is 5.92 Å². The maximum atomic E-state index is 13.0. The smallest absolute Gasteiger partial charge is 0.251 e. The number of Topliss-reactive ketones (excluding diaryl/α,β-unsaturated/α-hetero) is 1. The highest BCUT2D eigenvalue weighted by Gasteiger charge is 2.29. The van der Waals surface area contributed by atoms with Crippen LogP contribution in [0.3, 0.4) is 0 Å². The number of hydrogen-bond donors (Lipinski definition) is 2. The van der Waals surface area contributed by atoms with E-state index in [2.05, 4.69) is 10.6 Å². The minimum atomic E-state index is -0.413. The summed E-state index contributed by atoms with van der Waals surface area (Å²) >= 11 is 0. The molecule has 1 aliphatic carbocycles. The molecule has 2 aliphatic rings. The SMILES string of the molecule is CC.CCOc1cc(OC)ccc1CNCC(=O)N1CCCC(c2ccc(C(=O)NC(C(C)=O)C3CCCCC3)cc2)C1. The molecule has 0 spiro atoms. The van der Waals surface area contributed by atoms with Gasteiger partial charge in [-0.1, -0.05) is 51.3 Å². The highest BCUT2D eigenvalue weighted by Crippen LogP contribution is 2.29. The Balaban J connectivity index is 0.00000248. The van der Waals surface area contributed by atoms with E-state index in [-0.39, 0.29) is 36.0 Å². The molecular formula is C35H51N3O5. The van der Waals surface area contributed by atoms with Crippen LogP contribution in [0.5, 0.6) is 11.5 Å². The summed E-state index contributed by atoms with van der Waals surface area (Å²) in [4.78, 5) is 40.3. The standard InChI is InChI=1S/C33H45N3O5.C2H6/c1-4-41-30-19-29(40-3)17-16-27(30)20-34-21-31(38)36-18-8-11-28(22-36)24-12-14-26(15-13-24)33(39)35-32(23(2)37)25-9-6-5-7-10-25;1-2/h12-17,19,25,28,32,34H,4-11,18,20-22H2,1-3H3,(H,35,39);1-2H3. The normalized spacial score (nSPS) is 17.7. The Labute approximate surface area is 257 Å². The van der Waals surface area contributed by atoms with Crippen LogP contribution < -0.4 is 20.1 Å². The average Bonchev–Trinajstić information content (AvgIpc) is 3.05. The zero-order chi connectivity index (χ0) is 31.2. The van der Waals surface area contributed by atoms with Crippen LogP contribution in [-0.2, 0) is 16.1 Å². The number of hydrogen-bond acceptors (Lipinski definition) is 6. The molecule has 236 valence electrons. The lowest BCUT2D eigenvalue weighted by Gasteiger charge is -2.33. The van der Waals surface area contributed by atoms with Crippen LogP contribution in [0.1, 0.15) is 100 Å². The molecule has 1 heterocycles. The first kappa shape index (κ1) is 34.1. The highest BCUT2D eigenvalue weighted by atomic mass is 16.5. The van der Waals surface area contributed by atoms with E-state index < -0.39 is 6.04 Å². The van der Waals surface area contributed by atoms with Crippen LogP contribution in [0, 0.1) is 5.92 Å². The summed E-state index contributed by atoms with van der Waals surface area (Å²) in [6, 6.07) is 13.0. The van der Waals surface area contributed by atoms with Crippen LogP contribution in [-0.4, -0.2) is 61.9 Å². The number of carbonyl (C=O) groups is 3. The number of nitrogens with one attached hydrogen (secondary N) is 2. The van der Waals surface area contributed by atoms with Crippen molar-refractivity contribution in [3.05, 3.63) is 59.2 Å². The Morgan fingerprint density at radius 1 is 0.977 bits per heavy atom. The number of benzene rings is 2. The van der Waals surface area contributed by atoms with E-state index in [9.17, 15) is 14.4 Å². The fraction of sp³-hybridized carbons (Fsp3) is 0.571. The van der Waals surface area contributed by atoms with Crippen molar-refractivity contribution in [1.82, 2.24) is 15.5 Å². The number of amides is 2. The molecule has 4 rings (SSSR count). The molecule has 1 saturated heterocycles. The Hall–Kier alpha value is -3.39. The van der Waals surface area contributed by atoms with E-state index in [1.807, 2.05) is 68.1 Å². The fourth-order valence-corrected chi connectivity index (χ4v) is 6.14. The van der Waals surface area contributed by atoms with E-state index in [0.29, 0.717) is 25.3 Å². The summed E-state index contributed by atoms with van der Waals surface area (Å²) in [6.45, 7) is 10.3. The van der Waals surface area contributed by atoms with Gasteiger partial charge in [0.25, 0.3) is 5.91 Å². The number of ketones is 1. The van der Waals surface area contributed by atoms with Crippen molar-refractivity contribution in [3.63, 3.8) is 0 Å². The Morgan fingerprint density at radius 3 is 2.35 bits per heavy atom. The predicted octanol–water partition coefficient (Wildman–Crippen LogP) is 5.88. The monoisotopic (exact) mass is 593 g/mol. The van der Waals surface area contributed by atoms with Gasteiger partial charge in [-0.2, -0.15) is 0 Å². The van der Waals surface area contributed by atoms with E-state index in [1.165, 1.54) is 6.42 Å². The topological polar surface area (TPSA) is 97.0 Å². The maximum absolute atomic E-state index is 13.0. The lowest BCUT2D eigenvalue weighted by Crippen LogP contribution is -2.45. The van der Waals surface area contributed by atoms with Gasteiger partial charge in [-0.15, -0.1) is 0 Å². The molecule has 1 saturated carbocycles. The summed E-state index contributed by atoms with van der Waals surface area (Å²) < 4.78 is 11.0. The van der Waals surface area contributed by atoms with Crippen LogP contribution >= 0.6 is 0 Å². The van der Waals surface area contributed by atoms with E-state index in [1.54, 1.807) is 14.0 Å². The zero-order valence-electron chi connectivity index (χ0n) is 26.7. The van der Waals surface area contributed by atoms with Crippen molar-refractivity contribution in [1.29, 1.82) is 0 Å². The molecule has 2 N–H and O–H groups in total. The number of methoxy groups -OCH3 is 1. The first-order valence-electron chi connectivity index (χ1n) is 16.1. The lowest BCUT2D eigenvalue weighted by atomic mass is 9.82. The van der Waals surface area contributed by atoms with Gasteiger partial charge in [-0.3, -0.25) is 14.4 Å². The second kappa shape index (κ2) is 17.7. The van der Waals surface area contributed by atoms with Crippen molar-refractivity contribution >= 4 is 17.6 Å². The molecular weight excluding hydrogens is 542 g/mol. The van der Waals surface area contributed by atoms with Gasteiger partial charge in [0.2, 0.25) is 5.91 Å².